The highest BCUT2D eigenvalue weighted by atomic mass is 35.5. The van der Waals surface area contributed by atoms with Crippen molar-refractivity contribution in [3.8, 4) is 12.3 Å². The summed E-state index contributed by atoms with van der Waals surface area (Å²) in [5.41, 5.74) is 0.106. The lowest BCUT2D eigenvalue weighted by molar-refractivity contribution is 0.0958. The van der Waals surface area contributed by atoms with Crippen LogP contribution in [-0.2, 0) is 10.0 Å². The fourth-order valence-corrected chi connectivity index (χ4v) is 4.07. The number of terminal acetylenes is 1. The van der Waals surface area contributed by atoms with Crippen LogP contribution in [0.1, 0.15) is 29.6 Å². The summed E-state index contributed by atoms with van der Waals surface area (Å²) in [6.45, 7) is 1.06. The van der Waals surface area contributed by atoms with Crippen LogP contribution < -0.4 is 5.32 Å². The van der Waals surface area contributed by atoms with Crippen molar-refractivity contribution < 1.29 is 13.2 Å². The molecule has 1 aliphatic heterocycles. The second-order valence-electron chi connectivity index (χ2n) is 4.99. The van der Waals surface area contributed by atoms with Gasteiger partial charge in [-0.15, -0.1) is 6.42 Å². The van der Waals surface area contributed by atoms with Crippen molar-refractivity contribution in [1.29, 1.82) is 0 Å². The molecule has 0 aromatic heterocycles. The Hall–Kier alpha value is -1.55. The molecule has 22 heavy (non-hydrogen) atoms. The molecule has 1 heterocycles. The summed E-state index contributed by atoms with van der Waals surface area (Å²) in [7, 11) is -3.60. The molecule has 2 rings (SSSR count). The Morgan fingerprint density at radius 1 is 1.32 bits per heavy atom. The van der Waals surface area contributed by atoms with Gasteiger partial charge in [-0.1, -0.05) is 23.9 Å². The Kier molecular flexibility index (Phi) is 5.46. The Balaban J connectivity index is 2.32. The van der Waals surface area contributed by atoms with E-state index < -0.39 is 15.9 Å². The topological polar surface area (TPSA) is 66.5 Å². The molecule has 5 nitrogen and oxygen atoms in total. The first-order valence-electron chi connectivity index (χ1n) is 6.98. The maximum Gasteiger partial charge on any atom is 0.253 e. The van der Waals surface area contributed by atoms with Crippen LogP contribution in [0, 0.1) is 12.3 Å². The zero-order valence-corrected chi connectivity index (χ0v) is 13.6. The van der Waals surface area contributed by atoms with Crippen molar-refractivity contribution in [1.82, 2.24) is 9.62 Å². The van der Waals surface area contributed by atoms with E-state index in [9.17, 15) is 13.2 Å². The number of sulfonamides is 1. The number of halogens is 1. The molecule has 1 aromatic rings. The highest BCUT2D eigenvalue weighted by molar-refractivity contribution is 7.89. The van der Waals surface area contributed by atoms with Crippen LogP contribution in [0.25, 0.3) is 0 Å². The van der Waals surface area contributed by atoms with E-state index in [1.165, 1.54) is 22.5 Å². The molecular formula is C15H17ClN2O3S. The number of hydrogen-bond donors (Lipinski definition) is 1. The third kappa shape index (κ3) is 3.61. The van der Waals surface area contributed by atoms with Crippen molar-refractivity contribution in [2.45, 2.75) is 24.2 Å². The lowest BCUT2D eigenvalue weighted by Crippen LogP contribution is -2.35. The van der Waals surface area contributed by atoms with Crippen LogP contribution in [0.15, 0.2) is 23.1 Å². The summed E-state index contributed by atoms with van der Waals surface area (Å²) >= 11 is 5.98. The Morgan fingerprint density at radius 2 is 2.00 bits per heavy atom. The smallest absolute Gasteiger partial charge is 0.253 e. The Morgan fingerprint density at radius 3 is 2.64 bits per heavy atom. The molecule has 1 saturated heterocycles. The molecule has 1 aliphatic rings. The predicted octanol–water partition coefficient (Wildman–Crippen LogP) is 1.88. The molecular weight excluding hydrogens is 324 g/mol. The molecule has 0 spiro atoms. The molecule has 0 aliphatic carbocycles. The number of amides is 1. The van der Waals surface area contributed by atoms with E-state index in [-0.39, 0.29) is 22.0 Å². The number of nitrogens with one attached hydrogen (secondary N) is 1. The lowest BCUT2D eigenvalue weighted by atomic mass is 10.2. The second kappa shape index (κ2) is 7.14. The SMILES string of the molecule is C#CCNC(=O)c1cc(S(=O)(=O)N2CCCCC2)ccc1Cl. The summed E-state index contributed by atoms with van der Waals surface area (Å²) < 4.78 is 26.7. The maximum atomic E-state index is 12.6. The average molecular weight is 341 g/mol. The third-order valence-electron chi connectivity index (χ3n) is 3.49. The van der Waals surface area contributed by atoms with Crippen LogP contribution in [0.2, 0.25) is 5.02 Å². The number of carbonyl (C=O) groups is 1. The molecule has 0 radical (unpaired) electrons. The lowest BCUT2D eigenvalue weighted by Gasteiger charge is -2.26. The highest BCUT2D eigenvalue weighted by Crippen LogP contribution is 2.25. The van der Waals surface area contributed by atoms with Crippen molar-refractivity contribution in [3.05, 3.63) is 28.8 Å². The quantitative estimate of drug-likeness (QED) is 0.851. The van der Waals surface area contributed by atoms with E-state index >= 15 is 0 Å². The van der Waals surface area contributed by atoms with Crippen LogP contribution in [0.3, 0.4) is 0 Å². The van der Waals surface area contributed by atoms with Crippen LogP contribution in [0.5, 0.6) is 0 Å². The number of rotatable bonds is 4. The minimum atomic E-state index is -3.60. The van der Waals surface area contributed by atoms with Crippen molar-refractivity contribution in [2.75, 3.05) is 19.6 Å². The van der Waals surface area contributed by atoms with Crippen LogP contribution in [-0.4, -0.2) is 38.3 Å². The molecule has 1 aromatic carbocycles. The molecule has 1 fully saturated rings. The van der Waals surface area contributed by atoms with Gasteiger partial charge in [0, 0.05) is 13.1 Å². The molecule has 0 unspecified atom stereocenters. The first-order valence-corrected chi connectivity index (χ1v) is 8.80. The van der Waals surface area contributed by atoms with Crippen LogP contribution in [0.4, 0.5) is 0 Å². The third-order valence-corrected chi connectivity index (χ3v) is 5.71. The summed E-state index contributed by atoms with van der Waals surface area (Å²) in [5.74, 6) is 1.80. The van der Waals surface area contributed by atoms with Gasteiger partial charge in [-0.05, 0) is 31.0 Å². The van der Waals surface area contributed by atoms with Gasteiger partial charge >= 0.3 is 0 Å². The van der Waals surface area contributed by atoms with Gasteiger partial charge in [0.05, 0.1) is 22.0 Å². The number of hydrogen-bond acceptors (Lipinski definition) is 3. The predicted molar refractivity (Wildman–Crippen MR) is 85.2 cm³/mol. The summed E-state index contributed by atoms with van der Waals surface area (Å²) in [6, 6.07) is 4.14. The van der Waals surface area contributed by atoms with Crippen LogP contribution >= 0.6 is 11.6 Å². The van der Waals surface area contributed by atoms with Gasteiger partial charge in [-0.25, -0.2) is 8.42 Å². The average Bonchev–Trinajstić information content (AvgIpc) is 2.53. The number of nitrogens with zero attached hydrogens (tertiary/aromatic N) is 1. The zero-order chi connectivity index (χ0) is 16.2. The molecule has 1 amide bonds. The monoisotopic (exact) mass is 340 g/mol. The van der Waals surface area contributed by atoms with E-state index in [0.717, 1.165) is 19.3 Å². The van der Waals surface area contributed by atoms with Gasteiger partial charge in [-0.2, -0.15) is 4.31 Å². The van der Waals surface area contributed by atoms with Gasteiger partial charge in [-0.3, -0.25) is 4.79 Å². The van der Waals surface area contributed by atoms with E-state index in [4.69, 9.17) is 18.0 Å². The summed E-state index contributed by atoms with van der Waals surface area (Å²) in [6.07, 6.45) is 7.82. The number of piperidine rings is 1. The molecule has 118 valence electrons. The van der Waals surface area contributed by atoms with Gasteiger partial charge in [0.2, 0.25) is 10.0 Å². The van der Waals surface area contributed by atoms with Gasteiger partial charge in [0.15, 0.2) is 0 Å². The molecule has 0 atom stereocenters. The minimum absolute atomic E-state index is 0.0538. The van der Waals surface area contributed by atoms with E-state index in [1.54, 1.807) is 0 Å². The van der Waals surface area contributed by atoms with E-state index in [0.29, 0.717) is 13.1 Å². The largest absolute Gasteiger partial charge is 0.341 e. The van der Waals surface area contributed by atoms with E-state index in [2.05, 4.69) is 11.2 Å². The highest BCUT2D eigenvalue weighted by Gasteiger charge is 2.27. The Bertz CT molecular complexity index is 704. The first-order chi connectivity index (χ1) is 10.5. The zero-order valence-electron chi connectivity index (χ0n) is 12.0. The van der Waals surface area contributed by atoms with E-state index in [1.807, 2.05) is 0 Å². The molecule has 0 saturated carbocycles. The summed E-state index contributed by atoms with van der Waals surface area (Å²) in [5, 5.41) is 2.67. The second-order valence-corrected chi connectivity index (χ2v) is 7.34. The molecule has 0 bridgehead atoms. The van der Waals surface area contributed by atoms with Crippen molar-refractivity contribution in [3.63, 3.8) is 0 Å². The van der Waals surface area contributed by atoms with Gasteiger partial charge < -0.3 is 5.32 Å². The fraction of sp³-hybridized carbons (Fsp3) is 0.400. The van der Waals surface area contributed by atoms with Crippen molar-refractivity contribution >= 4 is 27.5 Å². The van der Waals surface area contributed by atoms with Gasteiger partial charge in [0.25, 0.3) is 5.91 Å². The standard InChI is InChI=1S/C15H17ClN2O3S/c1-2-8-17-15(19)13-11-12(6-7-14(13)16)22(20,21)18-9-4-3-5-10-18/h1,6-7,11H,3-5,8-10H2,(H,17,19). The Labute approximate surface area is 135 Å². The molecule has 7 heteroatoms. The summed E-state index contributed by atoms with van der Waals surface area (Å²) in [4.78, 5) is 12.1. The first kappa shape index (κ1) is 16.8. The fourth-order valence-electron chi connectivity index (χ4n) is 2.32. The maximum absolute atomic E-state index is 12.6. The minimum Gasteiger partial charge on any atom is -0.341 e. The van der Waals surface area contributed by atoms with Gasteiger partial charge in [0.1, 0.15) is 0 Å². The number of benzene rings is 1. The van der Waals surface area contributed by atoms with Crippen molar-refractivity contribution in [2.24, 2.45) is 0 Å². The number of carbonyl (C=O) groups excluding carboxylic acids is 1. The molecule has 1 N–H and O–H groups in total. The normalized spacial score (nSPS) is 16.0.